The number of rotatable bonds is 2. The maximum atomic E-state index is 13.0. The van der Waals surface area contributed by atoms with E-state index in [9.17, 15) is 9.59 Å². The van der Waals surface area contributed by atoms with Crippen LogP contribution in [0.1, 0.15) is 29.6 Å². The van der Waals surface area contributed by atoms with E-state index >= 15 is 0 Å². The molecule has 1 fully saturated rings. The van der Waals surface area contributed by atoms with Gasteiger partial charge in [0.25, 0.3) is 0 Å². The van der Waals surface area contributed by atoms with Crippen LogP contribution in [0.4, 0.5) is 0 Å². The van der Waals surface area contributed by atoms with Crippen molar-refractivity contribution in [3.05, 3.63) is 42.0 Å². The monoisotopic (exact) mass is 352 g/mol. The number of piperidine rings is 1. The van der Waals surface area contributed by atoms with E-state index in [-0.39, 0.29) is 11.7 Å². The molecular weight excluding hydrogens is 328 g/mol. The molecule has 0 atom stereocenters. The zero-order valence-electron chi connectivity index (χ0n) is 15.3. The van der Waals surface area contributed by atoms with Gasteiger partial charge < -0.3 is 9.64 Å². The third kappa shape index (κ3) is 2.97. The maximum absolute atomic E-state index is 13.0. The molecule has 2 aromatic carbocycles. The van der Waals surface area contributed by atoms with Gasteiger partial charge in [-0.05, 0) is 16.8 Å². The van der Waals surface area contributed by atoms with Crippen LogP contribution in [0, 0.1) is 0 Å². The van der Waals surface area contributed by atoms with Crippen molar-refractivity contribution in [1.82, 2.24) is 9.80 Å². The molecule has 4 rings (SSSR count). The van der Waals surface area contributed by atoms with Gasteiger partial charge in [-0.2, -0.15) is 0 Å². The molecule has 2 aromatic rings. The number of fused-ring (bicyclic) bond motifs is 3. The van der Waals surface area contributed by atoms with Crippen LogP contribution >= 0.6 is 0 Å². The summed E-state index contributed by atoms with van der Waals surface area (Å²) in [7, 11) is 3.55. The highest BCUT2D eigenvalue weighted by molar-refractivity contribution is 6.11. The Balaban J connectivity index is 1.54. The van der Waals surface area contributed by atoms with Gasteiger partial charge in [0.05, 0.1) is 18.5 Å². The molecule has 1 saturated heterocycles. The number of hydrogen-bond acceptors (Lipinski definition) is 4. The van der Waals surface area contributed by atoms with Crippen molar-refractivity contribution in [1.29, 1.82) is 0 Å². The number of benzene rings is 2. The van der Waals surface area contributed by atoms with E-state index in [0.29, 0.717) is 18.7 Å². The number of carbonyl (C=O) groups excluding carboxylic acids is 2. The molecular formula is C21H24N2O3. The summed E-state index contributed by atoms with van der Waals surface area (Å²) >= 11 is 0. The lowest BCUT2D eigenvalue weighted by atomic mass is 9.81. The molecule has 1 amide bonds. The van der Waals surface area contributed by atoms with Gasteiger partial charge in [-0.3, -0.25) is 14.5 Å². The average Bonchev–Trinajstić information content (AvgIpc) is 2.63. The fourth-order valence-corrected chi connectivity index (χ4v) is 4.00. The summed E-state index contributed by atoms with van der Waals surface area (Å²) in [6.45, 7) is 1.98. The van der Waals surface area contributed by atoms with Gasteiger partial charge in [0.15, 0.2) is 5.78 Å². The second-order valence-corrected chi connectivity index (χ2v) is 7.61. The SMILES string of the molecule is CN(C)C(=O)CN1CCC2(CC1)CC(=O)c1c(ccc3ccccc13)O2. The van der Waals surface area contributed by atoms with Gasteiger partial charge >= 0.3 is 0 Å². The number of Topliss-reactive ketones (excluding diaryl/α,β-unsaturated/α-hetero) is 1. The van der Waals surface area contributed by atoms with Crippen molar-refractivity contribution < 1.29 is 14.3 Å². The van der Waals surface area contributed by atoms with Gasteiger partial charge in [-0.15, -0.1) is 0 Å². The fourth-order valence-electron chi connectivity index (χ4n) is 4.00. The first-order valence-corrected chi connectivity index (χ1v) is 9.14. The summed E-state index contributed by atoms with van der Waals surface area (Å²) in [5.41, 5.74) is 0.295. The number of hydrogen-bond donors (Lipinski definition) is 0. The van der Waals surface area contributed by atoms with Crippen molar-refractivity contribution in [3.8, 4) is 5.75 Å². The lowest BCUT2D eigenvalue weighted by Gasteiger charge is -2.44. The largest absolute Gasteiger partial charge is 0.486 e. The number of ether oxygens (including phenoxy) is 1. The molecule has 0 aromatic heterocycles. The van der Waals surface area contributed by atoms with Crippen LogP contribution in [0.3, 0.4) is 0 Å². The molecule has 0 N–H and O–H groups in total. The number of ketones is 1. The van der Waals surface area contributed by atoms with Crippen LogP contribution < -0.4 is 4.74 Å². The molecule has 2 heterocycles. The van der Waals surface area contributed by atoms with E-state index in [4.69, 9.17) is 4.74 Å². The number of nitrogens with zero attached hydrogens (tertiary/aromatic N) is 2. The highest BCUT2D eigenvalue weighted by Gasteiger charge is 2.43. The Kier molecular flexibility index (Phi) is 4.19. The summed E-state index contributed by atoms with van der Waals surface area (Å²) in [4.78, 5) is 28.7. The Hall–Kier alpha value is -2.40. The minimum Gasteiger partial charge on any atom is -0.486 e. The third-order valence-corrected chi connectivity index (χ3v) is 5.60. The Morgan fingerprint density at radius 1 is 1.15 bits per heavy atom. The van der Waals surface area contributed by atoms with Gasteiger partial charge in [0, 0.05) is 40.0 Å². The first-order chi connectivity index (χ1) is 12.5. The maximum Gasteiger partial charge on any atom is 0.236 e. The normalized spacial score (nSPS) is 19.2. The summed E-state index contributed by atoms with van der Waals surface area (Å²) in [6.07, 6.45) is 1.96. The molecule has 26 heavy (non-hydrogen) atoms. The molecule has 2 aliphatic rings. The summed E-state index contributed by atoms with van der Waals surface area (Å²) in [6, 6.07) is 11.9. The van der Waals surface area contributed by atoms with E-state index in [1.165, 1.54) is 0 Å². The van der Waals surface area contributed by atoms with Gasteiger partial charge in [0.1, 0.15) is 11.4 Å². The minimum absolute atomic E-state index is 0.110. The number of likely N-dealkylation sites (tertiary alicyclic amines) is 1. The second kappa shape index (κ2) is 6.40. The van der Waals surface area contributed by atoms with Gasteiger partial charge in [-0.1, -0.05) is 30.3 Å². The smallest absolute Gasteiger partial charge is 0.236 e. The lowest BCUT2D eigenvalue weighted by Crippen LogP contribution is -2.52. The number of carbonyl (C=O) groups is 2. The van der Waals surface area contributed by atoms with E-state index in [1.807, 2.05) is 36.4 Å². The minimum atomic E-state index is -0.426. The van der Waals surface area contributed by atoms with Crippen molar-refractivity contribution in [2.75, 3.05) is 33.7 Å². The summed E-state index contributed by atoms with van der Waals surface area (Å²) in [5.74, 6) is 0.983. The van der Waals surface area contributed by atoms with Gasteiger partial charge in [0.2, 0.25) is 5.91 Å². The predicted molar refractivity (Wildman–Crippen MR) is 101 cm³/mol. The number of amides is 1. The van der Waals surface area contributed by atoms with Crippen molar-refractivity contribution in [2.24, 2.45) is 0 Å². The molecule has 0 aliphatic carbocycles. The van der Waals surface area contributed by atoms with E-state index < -0.39 is 5.60 Å². The van der Waals surface area contributed by atoms with E-state index in [0.717, 1.165) is 42.3 Å². The Bertz CT molecular complexity index is 867. The molecule has 2 aliphatic heterocycles. The standard InChI is InChI=1S/C21H24N2O3/c1-22(2)19(25)14-23-11-9-21(10-12-23)13-17(24)20-16-6-4-3-5-15(16)7-8-18(20)26-21/h3-8H,9-14H2,1-2H3. The molecule has 136 valence electrons. The molecule has 5 heteroatoms. The van der Waals surface area contributed by atoms with Crippen molar-refractivity contribution in [3.63, 3.8) is 0 Å². The molecule has 5 nitrogen and oxygen atoms in total. The van der Waals surface area contributed by atoms with Crippen molar-refractivity contribution in [2.45, 2.75) is 24.9 Å². The summed E-state index contributed by atoms with van der Waals surface area (Å²) in [5, 5.41) is 2.04. The van der Waals surface area contributed by atoms with Crippen LogP contribution in [0.15, 0.2) is 36.4 Å². The molecule has 0 bridgehead atoms. The topological polar surface area (TPSA) is 49.9 Å². The lowest BCUT2D eigenvalue weighted by molar-refractivity contribution is -0.131. The average molecular weight is 352 g/mol. The first-order valence-electron chi connectivity index (χ1n) is 9.14. The van der Waals surface area contributed by atoms with Crippen LogP contribution in [0.5, 0.6) is 5.75 Å². The number of likely N-dealkylation sites (N-methyl/N-ethyl adjacent to an activating group) is 1. The van der Waals surface area contributed by atoms with Crippen molar-refractivity contribution >= 4 is 22.5 Å². The van der Waals surface area contributed by atoms with E-state index in [1.54, 1.807) is 19.0 Å². The Labute approximate surface area is 153 Å². The molecule has 0 radical (unpaired) electrons. The molecule has 0 unspecified atom stereocenters. The fraction of sp³-hybridized carbons (Fsp3) is 0.429. The summed E-state index contributed by atoms with van der Waals surface area (Å²) < 4.78 is 6.40. The van der Waals surface area contributed by atoms with Crippen LogP contribution in [0.2, 0.25) is 0 Å². The highest BCUT2D eigenvalue weighted by Crippen LogP contribution is 2.41. The second-order valence-electron chi connectivity index (χ2n) is 7.61. The molecule has 0 saturated carbocycles. The zero-order valence-corrected chi connectivity index (χ0v) is 15.3. The van der Waals surface area contributed by atoms with E-state index in [2.05, 4.69) is 4.90 Å². The van der Waals surface area contributed by atoms with Crippen LogP contribution in [-0.4, -0.2) is 60.8 Å². The first kappa shape index (κ1) is 17.0. The molecule has 1 spiro atoms. The highest BCUT2D eigenvalue weighted by atomic mass is 16.5. The predicted octanol–water partition coefficient (Wildman–Crippen LogP) is 2.73. The Morgan fingerprint density at radius 2 is 1.88 bits per heavy atom. The van der Waals surface area contributed by atoms with Gasteiger partial charge in [-0.25, -0.2) is 0 Å². The third-order valence-electron chi connectivity index (χ3n) is 5.60. The zero-order chi connectivity index (χ0) is 18.3. The Morgan fingerprint density at radius 3 is 2.62 bits per heavy atom. The van der Waals surface area contributed by atoms with Crippen LogP contribution in [0.25, 0.3) is 10.8 Å². The van der Waals surface area contributed by atoms with Crippen LogP contribution in [-0.2, 0) is 4.79 Å². The quantitative estimate of drug-likeness (QED) is 0.834.